The summed E-state index contributed by atoms with van der Waals surface area (Å²) < 4.78 is 30.2. The Balaban J connectivity index is 0.956. The van der Waals surface area contributed by atoms with E-state index in [0.29, 0.717) is 36.8 Å². The second-order valence-corrected chi connectivity index (χ2v) is 13.5. The summed E-state index contributed by atoms with van der Waals surface area (Å²) in [5.41, 5.74) is 4.61. The molecule has 3 aliphatic heterocycles. The van der Waals surface area contributed by atoms with Crippen LogP contribution in [0.1, 0.15) is 49.3 Å². The van der Waals surface area contributed by atoms with E-state index >= 15 is 0 Å². The van der Waals surface area contributed by atoms with Crippen LogP contribution in [0.3, 0.4) is 0 Å². The smallest absolute Gasteiger partial charge is 0.328 e. The molecule has 0 spiro atoms. The first-order chi connectivity index (χ1) is 24.8. The third kappa shape index (κ3) is 6.49. The molecular formula is C38H39F2N9O2. The Morgan fingerprint density at radius 1 is 0.902 bits per heavy atom. The highest BCUT2D eigenvalue weighted by Gasteiger charge is 2.31. The Hall–Kier alpha value is -5.43. The number of imide groups is 1. The molecule has 0 bridgehead atoms. The Kier molecular flexibility index (Phi) is 8.80. The maximum absolute atomic E-state index is 14.8. The average Bonchev–Trinajstić information content (AvgIpc) is 3.80. The van der Waals surface area contributed by atoms with E-state index in [0.717, 1.165) is 85.5 Å². The molecule has 51 heavy (non-hydrogen) atoms. The van der Waals surface area contributed by atoms with Gasteiger partial charge in [-0.25, -0.2) is 28.1 Å². The number of hydrogen-bond donors (Lipinski definition) is 1. The van der Waals surface area contributed by atoms with E-state index in [1.807, 2.05) is 54.7 Å². The molecule has 3 saturated heterocycles. The van der Waals surface area contributed by atoms with Crippen LogP contribution in [0.4, 0.5) is 30.9 Å². The topological polar surface area (TPSA) is 102 Å². The summed E-state index contributed by atoms with van der Waals surface area (Å²) in [5.74, 6) is 0.250. The number of nitrogens with zero attached hydrogens (tertiary/aromatic N) is 8. The van der Waals surface area contributed by atoms with Crippen LogP contribution in [0.25, 0.3) is 16.9 Å². The zero-order valence-corrected chi connectivity index (χ0v) is 28.4. The minimum absolute atomic E-state index is 0.229. The monoisotopic (exact) mass is 691 g/mol. The fraction of sp³-hybridized carbons (Fsp3) is 0.342. The van der Waals surface area contributed by atoms with Gasteiger partial charge in [0.1, 0.15) is 23.3 Å². The van der Waals surface area contributed by atoms with Gasteiger partial charge in [0.05, 0.1) is 23.5 Å². The number of benzene rings is 2. The molecule has 3 aliphatic rings. The van der Waals surface area contributed by atoms with Crippen molar-refractivity contribution >= 4 is 34.9 Å². The Labute approximate surface area is 294 Å². The highest BCUT2D eigenvalue weighted by Crippen LogP contribution is 2.37. The second kappa shape index (κ2) is 13.7. The number of amides is 3. The lowest BCUT2D eigenvalue weighted by Crippen LogP contribution is -2.50. The third-order valence-electron chi connectivity index (χ3n) is 10.4. The van der Waals surface area contributed by atoms with E-state index in [2.05, 4.69) is 32.2 Å². The minimum atomic E-state index is -0.584. The molecule has 6 heterocycles. The number of urea groups is 1. The van der Waals surface area contributed by atoms with Crippen LogP contribution in [-0.2, 0) is 11.3 Å². The van der Waals surface area contributed by atoms with E-state index in [1.165, 1.54) is 12.1 Å². The first kappa shape index (κ1) is 32.8. The molecule has 0 aliphatic carbocycles. The zero-order chi connectivity index (χ0) is 35.1. The van der Waals surface area contributed by atoms with Crippen molar-refractivity contribution in [2.75, 3.05) is 47.9 Å². The largest absolute Gasteiger partial charge is 0.356 e. The first-order valence-electron chi connectivity index (χ1n) is 17.5. The van der Waals surface area contributed by atoms with Crippen LogP contribution < -0.4 is 20.0 Å². The number of hydrogen-bond acceptors (Lipinski definition) is 8. The van der Waals surface area contributed by atoms with Crippen molar-refractivity contribution in [2.24, 2.45) is 0 Å². The lowest BCUT2D eigenvalue weighted by Gasteiger charge is -2.38. The molecule has 1 N–H and O–H groups in total. The minimum Gasteiger partial charge on any atom is -0.356 e. The van der Waals surface area contributed by atoms with Gasteiger partial charge in [0, 0.05) is 68.7 Å². The highest BCUT2D eigenvalue weighted by molar-refractivity contribution is 6.05. The summed E-state index contributed by atoms with van der Waals surface area (Å²) in [7, 11) is 2.13. The summed E-state index contributed by atoms with van der Waals surface area (Å²) in [4.78, 5) is 42.7. The van der Waals surface area contributed by atoms with Crippen LogP contribution in [-0.4, -0.2) is 75.7 Å². The fourth-order valence-electron chi connectivity index (χ4n) is 7.72. The zero-order valence-electron chi connectivity index (χ0n) is 28.4. The number of aromatic nitrogens is 4. The standard InChI is InChI=1S/C38H39F2N9O2/c1-45(24-25-6-2-3-8-32(25)48-20-16-36(50)44-38(48)51)27-13-18-46(19-14-27)34-10-4-7-31(42-34)29-23-41-49-21-15-35(43-37(29)49)47-17-5-9-33(47)28-12-11-26(39)22-30(28)40/h2-4,6-8,10-12,15,21-23,27,33H,5,9,13-14,16-20,24H2,1H3,(H,44,50,51)/t33-/m1/s1. The van der Waals surface area contributed by atoms with Crippen molar-refractivity contribution in [1.29, 1.82) is 0 Å². The number of anilines is 3. The number of nitrogens with one attached hydrogen (secondary N) is 1. The first-order valence-corrected chi connectivity index (χ1v) is 17.5. The second-order valence-electron chi connectivity index (χ2n) is 13.5. The summed E-state index contributed by atoms with van der Waals surface area (Å²) >= 11 is 0. The van der Waals surface area contributed by atoms with Crippen LogP contribution in [0.5, 0.6) is 0 Å². The molecule has 3 aromatic heterocycles. The number of halogens is 2. The quantitative estimate of drug-likeness (QED) is 0.213. The number of pyridine rings is 1. The predicted octanol–water partition coefficient (Wildman–Crippen LogP) is 5.96. The van der Waals surface area contributed by atoms with Crippen LogP contribution in [0, 0.1) is 11.6 Å². The van der Waals surface area contributed by atoms with Gasteiger partial charge in [-0.3, -0.25) is 19.9 Å². The molecule has 13 heteroatoms. The van der Waals surface area contributed by atoms with Crippen molar-refractivity contribution in [3.63, 3.8) is 0 Å². The maximum atomic E-state index is 14.8. The number of fused-ring (bicyclic) bond motifs is 1. The lowest BCUT2D eigenvalue weighted by atomic mass is 10.0. The number of carbonyl (C=O) groups excluding carboxylic acids is 2. The summed E-state index contributed by atoms with van der Waals surface area (Å²) in [6.45, 7) is 3.47. The molecule has 0 saturated carbocycles. The molecule has 11 nitrogen and oxygen atoms in total. The van der Waals surface area contributed by atoms with Crippen molar-refractivity contribution < 1.29 is 18.4 Å². The molecular weight excluding hydrogens is 652 g/mol. The van der Waals surface area contributed by atoms with Gasteiger partial charge in [0.25, 0.3) is 0 Å². The van der Waals surface area contributed by atoms with Crippen LogP contribution >= 0.6 is 0 Å². The van der Waals surface area contributed by atoms with Gasteiger partial charge in [-0.2, -0.15) is 5.10 Å². The molecule has 5 aromatic rings. The molecule has 0 radical (unpaired) electrons. The Morgan fingerprint density at radius 2 is 1.75 bits per heavy atom. The SMILES string of the molecule is CN(Cc1ccccc1N1CCC(=O)NC1=O)C1CCN(c2cccc(-c3cnn4ccc(N5CCC[C@@H]5c5ccc(F)cc5F)nc34)n2)CC1. The molecule has 3 fully saturated rings. The number of piperidine rings is 1. The Morgan fingerprint density at radius 3 is 2.57 bits per heavy atom. The molecule has 2 aromatic carbocycles. The number of rotatable bonds is 8. The molecule has 262 valence electrons. The maximum Gasteiger partial charge on any atom is 0.328 e. The van der Waals surface area contributed by atoms with Crippen molar-refractivity contribution in [2.45, 2.75) is 50.7 Å². The van der Waals surface area contributed by atoms with E-state index < -0.39 is 11.6 Å². The van der Waals surface area contributed by atoms with Crippen LogP contribution in [0.2, 0.25) is 0 Å². The van der Waals surface area contributed by atoms with Crippen molar-refractivity contribution in [1.82, 2.24) is 29.8 Å². The fourth-order valence-corrected chi connectivity index (χ4v) is 7.72. The van der Waals surface area contributed by atoms with E-state index in [9.17, 15) is 18.4 Å². The van der Waals surface area contributed by atoms with Gasteiger partial charge in [-0.1, -0.05) is 30.3 Å². The van der Waals surface area contributed by atoms with Crippen molar-refractivity contribution in [3.05, 3.63) is 102 Å². The number of carbonyl (C=O) groups is 2. The van der Waals surface area contributed by atoms with Crippen LogP contribution in [0.15, 0.2) is 79.1 Å². The van der Waals surface area contributed by atoms with Gasteiger partial charge in [0.15, 0.2) is 5.65 Å². The van der Waals surface area contributed by atoms with Gasteiger partial charge < -0.3 is 9.80 Å². The van der Waals surface area contributed by atoms with Gasteiger partial charge >= 0.3 is 6.03 Å². The normalized spacial score (nSPS) is 18.7. The molecule has 3 amide bonds. The lowest BCUT2D eigenvalue weighted by molar-refractivity contribution is -0.120. The summed E-state index contributed by atoms with van der Waals surface area (Å²) in [6.07, 6.45) is 7.48. The molecule has 8 rings (SSSR count). The number of para-hydroxylation sites is 1. The molecule has 0 unspecified atom stereocenters. The van der Waals surface area contributed by atoms with E-state index in [1.54, 1.807) is 15.6 Å². The third-order valence-corrected chi connectivity index (χ3v) is 10.4. The van der Waals surface area contributed by atoms with Crippen molar-refractivity contribution in [3.8, 4) is 11.3 Å². The van der Waals surface area contributed by atoms with Gasteiger partial charge in [-0.15, -0.1) is 0 Å². The summed E-state index contributed by atoms with van der Waals surface area (Å²) in [6, 6.07) is 19.4. The van der Waals surface area contributed by atoms with Gasteiger partial charge in [-0.05, 0) is 68.6 Å². The van der Waals surface area contributed by atoms with E-state index in [-0.39, 0.29) is 18.0 Å². The van der Waals surface area contributed by atoms with Gasteiger partial charge in [0.2, 0.25) is 5.91 Å². The Bertz CT molecular complexity index is 2100. The predicted molar refractivity (Wildman–Crippen MR) is 191 cm³/mol. The highest BCUT2D eigenvalue weighted by atomic mass is 19.1. The summed E-state index contributed by atoms with van der Waals surface area (Å²) in [5, 5.41) is 6.98. The molecule has 1 atom stereocenters. The van der Waals surface area contributed by atoms with E-state index in [4.69, 9.17) is 9.97 Å². The average molecular weight is 692 g/mol.